The molecule has 26 heavy (non-hydrogen) atoms. The largest absolute Gasteiger partial charge is 0.352 e. The fourth-order valence-electron chi connectivity index (χ4n) is 2.44. The SMILES string of the molecule is C=CCNS(=O)(=O)c1ccc(C(=O)NCCCCc2ccccc2)cc1. The van der Waals surface area contributed by atoms with Crippen LogP contribution >= 0.6 is 0 Å². The molecule has 2 rings (SSSR count). The van der Waals surface area contributed by atoms with Crippen molar-refractivity contribution in [2.45, 2.75) is 24.2 Å². The molecular formula is C20H24N2O3S. The normalized spacial score (nSPS) is 11.1. The Labute approximate surface area is 155 Å². The van der Waals surface area contributed by atoms with Crippen LogP contribution in [0.5, 0.6) is 0 Å². The number of amides is 1. The molecule has 2 aromatic carbocycles. The van der Waals surface area contributed by atoms with Crippen LogP contribution < -0.4 is 10.0 Å². The van der Waals surface area contributed by atoms with Crippen molar-refractivity contribution < 1.29 is 13.2 Å². The quantitative estimate of drug-likeness (QED) is 0.497. The Kier molecular flexibility index (Phi) is 7.56. The summed E-state index contributed by atoms with van der Waals surface area (Å²) in [5.74, 6) is -0.201. The van der Waals surface area contributed by atoms with Crippen molar-refractivity contribution in [3.8, 4) is 0 Å². The molecule has 0 bridgehead atoms. The number of nitrogens with one attached hydrogen (secondary N) is 2. The Balaban J connectivity index is 1.78. The fourth-order valence-corrected chi connectivity index (χ4v) is 3.44. The monoisotopic (exact) mass is 372 g/mol. The molecular weight excluding hydrogens is 348 g/mol. The summed E-state index contributed by atoms with van der Waals surface area (Å²) in [5, 5.41) is 2.86. The zero-order chi connectivity index (χ0) is 18.8. The highest BCUT2D eigenvalue weighted by atomic mass is 32.2. The van der Waals surface area contributed by atoms with Gasteiger partial charge in [0.15, 0.2) is 0 Å². The van der Waals surface area contributed by atoms with Gasteiger partial charge >= 0.3 is 0 Å². The Bertz CT molecular complexity index is 816. The van der Waals surface area contributed by atoms with Crippen LogP contribution in [-0.2, 0) is 16.4 Å². The topological polar surface area (TPSA) is 75.3 Å². The van der Waals surface area contributed by atoms with E-state index < -0.39 is 10.0 Å². The van der Waals surface area contributed by atoms with E-state index in [-0.39, 0.29) is 17.3 Å². The first-order valence-corrected chi connectivity index (χ1v) is 10.0. The maximum Gasteiger partial charge on any atom is 0.251 e. The lowest BCUT2D eigenvalue weighted by Gasteiger charge is -2.07. The minimum Gasteiger partial charge on any atom is -0.352 e. The predicted octanol–water partition coefficient (Wildman–Crippen LogP) is 2.90. The van der Waals surface area contributed by atoms with Crippen LogP contribution in [0.25, 0.3) is 0 Å². The Morgan fingerprint density at radius 3 is 2.35 bits per heavy atom. The van der Waals surface area contributed by atoms with Gasteiger partial charge in [0.25, 0.3) is 5.91 Å². The highest BCUT2D eigenvalue weighted by Gasteiger charge is 2.13. The van der Waals surface area contributed by atoms with Gasteiger partial charge in [0.1, 0.15) is 0 Å². The molecule has 0 aliphatic carbocycles. The van der Waals surface area contributed by atoms with Crippen molar-refractivity contribution in [3.63, 3.8) is 0 Å². The van der Waals surface area contributed by atoms with E-state index in [4.69, 9.17) is 0 Å². The Morgan fingerprint density at radius 2 is 1.69 bits per heavy atom. The lowest BCUT2D eigenvalue weighted by molar-refractivity contribution is 0.0953. The number of carbonyl (C=O) groups excluding carboxylic acids is 1. The molecule has 0 unspecified atom stereocenters. The summed E-state index contributed by atoms with van der Waals surface area (Å²) in [6.07, 6.45) is 4.34. The number of unbranched alkanes of at least 4 members (excludes halogenated alkanes) is 1. The van der Waals surface area contributed by atoms with Crippen LogP contribution in [0.2, 0.25) is 0 Å². The van der Waals surface area contributed by atoms with Crippen LogP contribution in [0.15, 0.2) is 72.1 Å². The molecule has 2 N–H and O–H groups in total. The number of rotatable bonds is 10. The number of carbonyl (C=O) groups is 1. The average Bonchev–Trinajstić information content (AvgIpc) is 2.67. The van der Waals surface area contributed by atoms with Crippen LogP contribution in [0.3, 0.4) is 0 Å². The summed E-state index contributed by atoms with van der Waals surface area (Å²) in [6, 6.07) is 16.1. The summed E-state index contributed by atoms with van der Waals surface area (Å²) >= 11 is 0. The number of sulfonamides is 1. The third-order valence-electron chi connectivity index (χ3n) is 3.87. The van der Waals surface area contributed by atoms with E-state index in [1.165, 1.54) is 35.9 Å². The molecule has 0 aliphatic rings. The molecule has 0 fully saturated rings. The van der Waals surface area contributed by atoms with Gasteiger partial charge in [-0.05, 0) is 49.1 Å². The summed E-state index contributed by atoms with van der Waals surface area (Å²) in [7, 11) is -3.57. The molecule has 0 aliphatic heterocycles. The second-order valence-corrected chi connectivity index (χ2v) is 7.63. The van der Waals surface area contributed by atoms with Gasteiger partial charge in [-0.2, -0.15) is 0 Å². The summed E-state index contributed by atoms with van der Waals surface area (Å²) in [5.41, 5.74) is 1.73. The molecule has 0 saturated carbocycles. The molecule has 0 atom stereocenters. The number of aryl methyl sites for hydroxylation is 1. The molecule has 0 radical (unpaired) electrons. The molecule has 0 heterocycles. The van der Waals surface area contributed by atoms with E-state index >= 15 is 0 Å². The van der Waals surface area contributed by atoms with Crippen LogP contribution in [-0.4, -0.2) is 27.4 Å². The van der Waals surface area contributed by atoms with Crippen molar-refractivity contribution in [2.75, 3.05) is 13.1 Å². The Morgan fingerprint density at radius 1 is 1.00 bits per heavy atom. The fraction of sp³-hybridized carbons (Fsp3) is 0.250. The smallest absolute Gasteiger partial charge is 0.251 e. The molecule has 2 aromatic rings. The van der Waals surface area contributed by atoms with Crippen molar-refractivity contribution in [1.29, 1.82) is 0 Å². The van der Waals surface area contributed by atoms with Crippen LogP contribution in [0.1, 0.15) is 28.8 Å². The van der Waals surface area contributed by atoms with Crippen LogP contribution in [0.4, 0.5) is 0 Å². The second-order valence-electron chi connectivity index (χ2n) is 5.86. The maximum absolute atomic E-state index is 12.1. The van der Waals surface area contributed by atoms with E-state index in [9.17, 15) is 13.2 Å². The van der Waals surface area contributed by atoms with Crippen molar-refractivity contribution in [3.05, 3.63) is 78.4 Å². The second kappa shape index (κ2) is 9.89. The minimum atomic E-state index is -3.57. The summed E-state index contributed by atoms with van der Waals surface area (Å²) < 4.78 is 26.3. The van der Waals surface area contributed by atoms with E-state index in [0.29, 0.717) is 12.1 Å². The highest BCUT2D eigenvalue weighted by molar-refractivity contribution is 7.89. The van der Waals surface area contributed by atoms with Gasteiger partial charge in [-0.1, -0.05) is 36.4 Å². The molecule has 0 saturated heterocycles. The zero-order valence-electron chi connectivity index (χ0n) is 14.6. The lowest BCUT2D eigenvalue weighted by Crippen LogP contribution is -2.25. The molecule has 6 heteroatoms. The van der Waals surface area contributed by atoms with E-state index in [0.717, 1.165) is 19.3 Å². The summed E-state index contributed by atoms with van der Waals surface area (Å²) in [6.45, 7) is 4.22. The third-order valence-corrected chi connectivity index (χ3v) is 5.30. The van der Waals surface area contributed by atoms with Gasteiger partial charge in [-0.15, -0.1) is 6.58 Å². The first-order valence-electron chi connectivity index (χ1n) is 8.55. The standard InChI is InChI=1S/C20H24N2O3S/c1-2-15-22-26(24,25)19-13-11-18(12-14-19)20(23)21-16-7-6-10-17-8-4-3-5-9-17/h2-5,8-9,11-14,22H,1,6-7,10,15-16H2,(H,21,23). The van der Waals surface area contributed by atoms with Gasteiger partial charge in [-0.25, -0.2) is 13.1 Å². The lowest BCUT2D eigenvalue weighted by atomic mass is 10.1. The van der Waals surface area contributed by atoms with E-state index in [2.05, 4.69) is 28.8 Å². The Hall–Kier alpha value is -2.44. The average molecular weight is 372 g/mol. The van der Waals surface area contributed by atoms with Crippen molar-refractivity contribution in [2.24, 2.45) is 0 Å². The number of hydrogen-bond acceptors (Lipinski definition) is 3. The first-order chi connectivity index (χ1) is 12.5. The molecule has 0 spiro atoms. The van der Waals surface area contributed by atoms with Crippen LogP contribution in [0, 0.1) is 0 Å². The highest BCUT2D eigenvalue weighted by Crippen LogP contribution is 2.10. The van der Waals surface area contributed by atoms with E-state index in [1.807, 2.05) is 18.2 Å². The van der Waals surface area contributed by atoms with Crippen molar-refractivity contribution in [1.82, 2.24) is 10.0 Å². The first kappa shape index (κ1) is 19.9. The van der Waals surface area contributed by atoms with E-state index in [1.54, 1.807) is 0 Å². The van der Waals surface area contributed by atoms with Gasteiger partial charge in [-0.3, -0.25) is 4.79 Å². The number of benzene rings is 2. The molecule has 5 nitrogen and oxygen atoms in total. The van der Waals surface area contributed by atoms with Gasteiger partial charge in [0, 0.05) is 18.7 Å². The molecule has 0 aromatic heterocycles. The molecule has 138 valence electrons. The molecule has 1 amide bonds. The predicted molar refractivity (Wildman–Crippen MR) is 104 cm³/mol. The zero-order valence-corrected chi connectivity index (χ0v) is 15.5. The van der Waals surface area contributed by atoms with Gasteiger partial charge < -0.3 is 5.32 Å². The third kappa shape index (κ3) is 6.13. The van der Waals surface area contributed by atoms with Gasteiger partial charge in [0.05, 0.1) is 4.90 Å². The van der Waals surface area contributed by atoms with Crippen molar-refractivity contribution >= 4 is 15.9 Å². The summed E-state index contributed by atoms with van der Waals surface area (Å²) in [4.78, 5) is 12.2. The van der Waals surface area contributed by atoms with Gasteiger partial charge in [0.2, 0.25) is 10.0 Å². The number of hydrogen-bond donors (Lipinski definition) is 2. The minimum absolute atomic E-state index is 0.124. The maximum atomic E-state index is 12.1.